The predicted octanol–water partition coefficient (Wildman–Crippen LogP) is 0.543. The first kappa shape index (κ1) is 7.54. The molecule has 1 aliphatic heterocycles. The summed E-state index contributed by atoms with van der Waals surface area (Å²) < 4.78 is 5.42. The first-order valence-corrected chi connectivity index (χ1v) is 3.77. The normalized spacial score (nSPS) is 24.2. The van der Waals surface area contributed by atoms with Gasteiger partial charge >= 0.3 is 0 Å². The molecule has 1 aliphatic rings. The van der Waals surface area contributed by atoms with Crippen molar-refractivity contribution in [3.63, 3.8) is 0 Å². The highest BCUT2D eigenvalue weighted by atomic mass is 16.5. The van der Waals surface area contributed by atoms with Crippen molar-refractivity contribution in [3.8, 4) is 0 Å². The van der Waals surface area contributed by atoms with Gasteiger partial charge in [-0.1, -0.05) is 6.92 Å². The van der Waals surface area contributed by atoms with Gasteiger partial charge in [0.15, 0.2) is 5.90 Å². The maximum Gasteiger partial charge on any atom is 0.183 e. The Hall–Kier alpha value is -0.570. The highest BCUT2D eigenvalue weighted by molar-refractivity contribution is 5.77. The van der Waals surface area contributed by atoms with Gasteiger partial charge in [-0.05, 0) is 13.0 Å². The van der Waals surface area contributed by atoms with Gasteiger partial charge in [0.25, 0.3) is 0 Å². The number of ether oxygens (including phenoxy) is 1. The molecule has 0 fully saturated rings. The highest BCUT2D eigenvalue weighted by Crippen LogP contribution is 2.08. The van der Waals surface area contributed by atoms with Gasteiger partial charge in [0.1, 0.15) is 6.10 Å². The minimum atomic E-state index is 0.264. The molecule has 0 aliphatic carbocycles. The largest absolute Gasteiger partial charge is 0.476 e. The van der Waals surface area contributed by atoms with Gasteiger partial charge in [-0.15, -0.1) is 0 Å². The van der Waals surface area contributed by atoms with Crippen LogP contribution in [0, 0.1) is 0 Å². The third-order valence-electron chi connectivity index (χ3n) is 1.57. The maximum absolute atomic E-state index is 5.42. The first-order chi connectivity index (χ1) is 4.86. The quantitative estimate of drug-likeness (QED) is 0.625. The molecule has 10 heavy (non-hydrogen) atoms. The minimum absolute atomic E-state index is 0.264. The Labute approximate surface area is 61.3 Å². The second-order valence-corrected chi connectivity index (χ2v) is 2.41. The summed E-state index contributed by atoms with van der Waals surface area (Å²) in [5.74, 6) is 0.887. The third kappa shape index (κ3) is 1.70. The summed E-state index contributed by atoms with van der Waals surface area (Å²) in [6.45, 7) is 3.54. The number of rotatable bonds is 3. The van der Waals surface area contributed by atoms with Crippen molar-refractivity contribution in [1.82, 2.24) is 0 Å². The van der Waals surface area contributed by atoms with Crippen molar-refractivity contribution < 1.29 is 4.74 Å². The average molecular weight is 142 g/mol. The molecule has 0 bridgehead atoms. The Morgan fingerprint density at radius 1 is 1.80 bits per heavy atom. The van der Waals surface area contributed by atoms with Crippen molar-refractivity contribution in [1.29, 1.82) is 0 Å². The zero-order valence-electron chi connectivity index (χ0n) is 6.34. The molecule has 0 saturated heterocycles. The van der Waals surface area contributed by atoms with Gasteiger partial charge < -0.3 is 10.5 Å². The van der Waals surface area contributed by atoms with Crippen LogP contribution < -0.4 is 5.73 Å². The van der Waals surface area contributed by atoms with Crippen molar-refractivity contribution in [2.24, 2.45) is 10.7 Å². The fraction of sp³-hybridized carbons (Fsp3) is 0.857. The fourth-order valence-electron chi connectivity index (χ4n) is 1.00. The molecule has 58 valence electrons. The number of nitrogens with zero attached hydrogens (tertiary/aromatic N) is 1. The lowest BCUT2D eigenvalue weighted by molar-refractivity contribution is 0.211. The number of hydrogen-bond donors (Lipinski definition) is 1. The molecule has 0 aromatic carbocycles. The van der Waals surface area contributed by atoms with Gasteiger partial charge in [0.2, 0.25) is 0 Å². The van der Waals surface area contributed by atoms with E-state index in [2.05, 4.69) is 4.99 Å². The van der Waals surface area contributed by atoms with E-state index in [0.29, 0.717) is 6.54 Å². The summed E-state index contributed by atoms with van der Waals surface area (Å²) in [4.78, 5) is 4.19. The number of hydrogen-bond acceptors (Lipinski definition) is 3. The lowest BCUT2D eigenvalue weighted by Gasteiger charge is -2.07. The molecule has 1 atom stereocenters. The van der Waals surface area contributed by atoms with Crippen LogP contribution in [0.3, 0.4) is 0 Å². The average Bonchev–Trinajstić information content (AvgIpc) is 2.37. The Kier molecular flexibility index (Phi) is 2.68. The molecule has 0 aromatic rings. The fourth-order valence-corrected chi connectivity index (χ4v) is 1.00. The Morgan fingerprint density at radius 3 is 3.10 bits per heavy atom. The van der Waals surface area contributed by atoms with E-state index in [0.717, 1.165) is 25.3 Å². The highest BCUT2D eigenvalue weighted by Gasteiger charge is 2.16. The van der Waals surface area contributed by atoms with Crippen molar-refractivity contribution in [2.75, 3.05) is 13.1 Å². The summed E-state index contributed by atoms with van der Waals surface area (Å²) in [6, 6.07) is 0. The SMILES string of the molecule is CCC1=NCC(CCN)O1. The molecule has 1 unspecified atom stereocenters. The Balaban J connectivity index is 2.22. The zero-order chi connectivity index (χ0) is 7.40. The molecule has 1 heterocycles. The summed E-state index contributed by atoms with van der Waals surface area (Å²) >= 11 is 0. The molecular weight excluding hydrogens is 128 g/mol. The van der Waals surface area contributed by atoms with Crippen LogP contribution in [0.2, 0.25) is 0 Å². The van der Waals surface area contributed by atoms with E-state index in [1.54, 1.807) is 0 Å². The number of aliphatic imine (C=N–C) groups is 1. The van der Waals surface area contributed by atoms with Crippen LogP contribution in [0.5, 0.6) is 0 Å². The topological polar surface area (TPSA) is 47.6 Å². The minimum Gasteiger partial charge on any atom is -0.476 e. The Bertz CT molecular complexity index is 134. The standard InChI is InChI=1S/C7H14N2O/c1-2-7-9-5-6(10-7)3-4-8/h6H,2-5,8H2,1H3. The van der Waals surface area contributed by atoms with Crippen LogP contribution in [-0.2, 0) is 4.74 Å². The van der Waals surface area contributed by atoms with Crippen LogP contribution in [0.15, 0.2) is 4.99 Å². The lowest BCUT2D eigenvalue weighted by atomic mass is 10.3. The molecule has 0 spiro atoms. The molecule has 0 aromatic heterocycles. The van der Waals surface area contributed by atoms with E-state index in [4.69, 9.17) is 10.5 Å². The molecular formula is C7H14N2O. The molecule has 1 rings (SSSR count). The van der Waals surface area contributed by atoms with E-state index < -0.39 is 0 Å². The lowest BCUT2D eigenvalue weighted by Crippen LogP contribution is -2.17. The summed E-state index contributed by atoms with van der Waals surface area (Å²) in [5, 5.41) is 0. The summed E-state index contributed by atoms with van der Waals surface area (Å²) in [5.41, 5.74) is 5.36. The van der Waals surface area contributed by atoms with Gasteiger partial charge in [0, 0.05) is 6.42 Å². The molecule has 2 N–H and O–H groups in total. The van der Waals surface area contributed by atoms with Crippen LogP contribution in [0.25, 0.3) is 0 Å². The third-order valence-corrected chi connectivity index (χ3v) is 1.57. The van der Waals surface area contributed by atoms with E-state index >= 15 is 0 Å². The maximum atomic E-state index is 5.42. The zero-order valence-corrected chi connectivity index (χ0v) is 6.34. The van der Waals surface area contributed by atoms with E-state index in [1.165, 1.54) is 0 Å². The van der Waals surface area contributed by atoms with Crippen LogP contribution in [0.1, 0.15) is 19.8 Å². The van der Waals surface area contributed by atoms with E-state index in [9.17, 15) is 0 Å². The van der Waals surface area contributed by atoms with Crippen LogP contribution in [-0.4, -0.2) is 25.1 Å². The van der Waals surface area contributed by atoms with Crippen molar-refractivity contribution >= 4 is 5.90 Å². The molecule has 3 heteroatoms. The van der Waals surface area contributed by atoms with Gasteiger partial charge in [0.05, 0.1) is 6.54 Å². The molecule has 3 nitrogen and oxygen atoms in total. The monoisotopic (exact) mass is 142 g/mol. The molecule has 0 radical (unpaired) electrons. The summed E-state index contributed by atoms with van der Waals surface area (Å²) in [6.07, 6.45) is 2.09. The van der Waals surface area contributed by atoms with Gasteiger partial charge in [-0.3, -0.25) is 4.99 Å². The second-order valence-electron chi connectivity index (χ2n) is 2.41. The second kappa shape index (κ2) is 3.56. The molecule has 0 saturated carbocycles. The van der Waals surface area contributed by atoms with Gasteiger partial charge in [-0.2, -0.15) is 0 Å². The van der Waals surface area contributed by atoms with E-state index in [-0.39, 0.29) is 6.10 Å². The number of nitrogens with two attached hydrogens (primary N) is 1. The van der Waals surface area contributed by atoms with Crippen LogP contribution >= 0.6 is 0 Å². The van der Waals surface area contributed by atoms with Crippen LogP contribution in [0.4, 0.5) is 0 Å². The summed E-state index contributed by atoms with van der Waals surface area (Å²) in [7, 11) is 0. The van der Waals surface area contributed by atoms with E-state index in [1.807, 2.05) is 6.92 Å². The van der Waals surface area contributed by atoms with Crippen molar-refractivity contribution in [3.05, 3.63) is 0 Å². The predicted molar refractivity (Wildman–Crippen MR) is 41.1 cm³/mol. The van der Waals surface area contributed by atoms with Gasteiger partial charge in [-0.25, -0.2) is 0 Å². The molecule has 0 amide bonds. The first-order valence-electron chi connectivity index (χ1n) is 3.77. The smallest absolute Gasteiger partial charge is 0.183 e. The Morgan fingerprint density at radius 2 is 2.60 bits per heavy atom. The van der Waals surface area contributed by atoms with Crippen molar-refractivity contribution in [2.45, 2.75) is 25.9 Å².